The number of nitrogens with zero attached hydrogens (tertiary/aromatic N) is 1. The largest absolute Gasteiger partial charge is 0.760 e. The molecule has 1 aliphatic carbocycles. The highest BCUT2D eigenvalue weighted by molar-refractivity contribution is 7.77. The van der Waals surface area contributed by atoms with Crippen molar-refractivity contribution >= 4 is 11.3 Å². The maximum Gasteiger partial charge on any atom is 0.250 e. The number of hydrogen-bond donors (Lipinski definition) is 1. The summed E-state index contributed by atoms with van der Waals surface area (Å²) < 4.78 is 31.4. The molecule has 1 aromatic heterocycles. The van der Waals surface area contributed by atoms with Crippen LogP contribution in [-0.2, 0) is 24.7 Å². The number of rotatable bonds is 8. The van der Waals surface area contributed by atoms with Gasteiger partial charge in [-0.3, -0.25) is 9.00 Å². The average Bonchev–Trinajstić information content (AvgIpc) is 3.41. The standard InChI is InChI=1S/C19H24N2O4S/c1-13-15(9-10-20-26(23)24)5-7-17(25-12-14-3-4-14)19(13)16-6-8-18(22)21(2)11-16/h5-8,11,14,20H,3-4,9-10,12H2,1-2H3,(H,23,24)/p-1. The van der Waals surface area contributed by atoms with Crippen molar-refractivity contribution in [3.05, 3.63) is 51.9 Å². The van der Waals surface area contributed by atoms with Gasteiger partial charge in [0.1, 0.15) is 5.75 Å². The van der Waals surface area contributed by atoms with Gasteiger partial charge in [-0.25, -0.2) is 4.72 Å². The fraction of sp³-hybridized carbons (Fsp3) is 0.421. The van der Waals surface area contributed by atoms with Crippen molar-refractivity contribution in [2.75, 3.05) is 13.2 Å². The van der Waals surface area contributed by atoms with Crippen molar-refractivity contribution in [2.45, 2.75) is 26.2 Å². The molecule has 0 radical (unpaired) electrons. The van der Waals surface area contributed by atoms with Crippen LogP contribution in [0.5, 0.6) is 5.75 Å². The summed E-state index contributed by atoms with van der Waals surface area (Å²) in [6, 6.07) is 7.29. The van der Waals surface area contributed by atoms with E-state index in [1.807, 2.05) is 31.3 Å². The zero-order valence-corrected chi connectivity index (χ0v) is 15.8. The van der Waals surface area contributed by atoms with Crippen molar-refractivity contribution in [1.82, 2.24) is 9.29 Å². The van der Waals surface area contributed by atoms with Crippen molar-refractivity contribution in [3.63, 3.8) is 0 Å². The fourth-order valence-corrected chi connectivity index (χ4v) is 3.25. The van der Waals surface area contributed by atoms with Crippen LogP contribution in [0.25, 0.3) is 11.1 Å². The molecule has 1 saturated carbocycles. The van der Waals surface area contributed by atoms with E-state index in [-0.39, 0.29) is 5.56 Å². The highest BCUT2D eigenvalue weighted by atomic mass is 32.2. The average molecular weight is 375 g/mol. The van der Waals surface area contributed by atoms with Crippen LogP contribution in [0.15, 0.2) is 35.3 Å². The first-order chi connectivity index (χ1) is 12.5. The monoisotopic (exact) mass is 375 g/mol. The lowest BCUT2D eigenvalue weighted by Gasteiger charge is -2.18. The molecule has 7 heteroatoms. The van der Waals surface area contributed by atoms with Crippen LogP contribution in [0, 0.1) is 12.8 Å². The highest BCUT2D eigenvalue weighted by Crippen LogP contribution is 2.37. The van der Waals surface area contributed by atoms with Crippen LogP contribution >= 0.6 is 0 Å². The summed E-state index contributed by atoms with van der Waals surface area (Å²) in [7, 11) is 1.73. The van der Waals surface area contributed by atoms with Crippen molar-refractivity contribution in [1.29, 1.82) is 0 Å². The normalized spacial score (nSPS) is 15.0. The third-order valence-corrected chi connectivity index (χ3v) is 5.14. The number of nitrogens with one attached hydrogen (secondary N) is 1. The second-order valence-corrected chi connectivity index (χ2v) is 7.48. The Balaban J connectivity index is 1.95. The van der Waals surface area contributed by atoms with Crippen LogP contribution in [-0.4, -0.2) is 26.5 Å². The van der Waals surface area contributed by atoms with Gasteiger partial charge in [0, 0.05) is 48.2 Å². The molecular formula is C19H23N2O4S-. The molecule has 2 aromatic rings. The van der Waals surface area contributed by atoms with E-state index < -0.39 is 11.3 Å². The van der Waals surface area contributed by atoms with Gasteiger partial charge in [0.2, 0.25) is 5.56 Å². The molecule has 1 heterocycles. The van der Waals surface area contributed by atoms with E-state index in [9.17, 15) is 13.6 Å². The third-order valence-electron chi connectivity index (χ3n) is 4.70. The first kappa shape index (κ1) is 18.8. The van der Waals surface area contributed by atoms with Crippen LogP contribution in [0.1, 0.15) is 24.0 Å². The summed E-state index contributed by atoms with van der Waals surface area (Å²) in [5, 5.41) is 0. The van der Waals surface area contributed by atoms with E-state index in [0.29, 0.717) is 25.5 Å². The van der Waals surface area contributed by atoms with Gasteiger partial charge in [0.25, 0.3) is 0 Å². The predicted octanol–water partition coefficient (Wildman–Crippen LogP) is 2.08. The minimum Gasteiger partial charge on any atom is -0.760 e. The molecule has 1 atom stereocenters. The lowest BCUT2D eigenvalue weighted by molar-refractivity contribution is 0.300. The fourth-order valence-electron chi connectivity index (χ4n) is 2.98. The molecule has 0 saturated heterocycles. The van der Waals surface area contributed by atoms with Gasteiger partial charge in [0.05, 0.1) is 6.61 Å². The second kappa shape index (κ2) is 8.16. The molecule has 1 unspecified atom stereocenters. The van der Waals surface area contributed by atoms with Crippen molar-refractivity contribution in [2.24, 2.45) is 13.0 Å². The number of aromatic nitrogens is 1. The predicted molar refractivity (Wildman–Crippen MR) is 101 cm³/mol. The molecule has 1 aliphatic rings. The van der Waals surface area contributed by atoms with E-state index in [1.165, 1.54) is 12.8 Å². The molecule has 3 rings (SSSR count). The SMILES string of the molecule is Cc1c(CCNS(=O)[O-])ccc(OCC2CC2)c1-c1ccc(=O)n(C)c1. The van der Waals surface area contributed by atoms with Gasteiger partial charge in [-0.15, -0.1) is 0 Å². The van der Waals surface area contributed by atoms with Gasteiger partial charge in [-0.05, 0) is 55.4 Å². The van der Waals surface area contributed by atoms with Crippen molar-refractivity contribution < 1.29 is 13.5 Å². The zero-order valence-electron chi connectivity index (χ0n) is 15.0. The van der Waals surface area contributed by atoms with Crippen LogP contribution < -0.4 is 15.0 Å². The Bertz CT molecular complexity index is 874. The molecule has 0 spiro atoms. The minimum atomic E-state index is -2.26. The van der Waals surface area contributed by atoms with E-state index in [1.54, 1.807) is 17.7 Å². The van der Waals surface area contributed by atoms with Gasteiger partial charge in [0.15, 0.2) is 0 Å². The van der Waals surface area contributed by atoms with E-state index in [4.69, 9.17) is 4.74 Å². The van der Waals surface area contributed by atoms with Gasteiger partial charge in [-0.1, -0.05) is 6.07 Å². The molecular weight excluding hydrogens is 352 g/mol. The molecule has 1 fully saturated rings. The molecule has 1 aromatic carbocycles. The first-order valence-corrected chi connectivity index (χ1v) is 9.78. The maximum absolute atomic E-state index is 11.7. The first-order valence-electron chi connectivity index (χ1n) is 8.71. The highest BCUT2D eigenvalue weighted by Gasteiger charge is 2.23. The van der Waals surface area contributed by atoms with E-state index in [2.05, 4.69) is 4.72 Å². The quantitative estimate of drug-likeness (QED) is 0.716. The van der Waals surface area contributed by atoms with Gasteiger partial charge < -0.3 is 13.9 Å². The van der Waals surface area contributed by atoms with Crippen LogP contribution in [0.3, 0.4) is 0 Å². The van der Waals surface area contributed by atoms with E-state index in [0.717, 1.165) is 28.0 Å². The molecule has 1 N–H and O–H groups in total. The lowest BCUT2D eigenvalue weighted by atomic mass is 9.94. The van der Waals surface area contributed by atoms with E-state index >= 15 is 0 Å². The Labute approximate surface area is 155 Å². The topological polar surface area (TPSA) is 83.4 Å². The van der Waals surface area contributed by atoms with Gasteiger partial charge >= 0.3 is 0 Å². The summed E-state index contributed by atoms with van der Waals surface area (Å²) in [4.78, 5) is 11.7. The second-order valence-electron chi connectivity index (χ2n) is 6.72. The summed E-state index contributed by atoms with van der Waals surface area (Å²) in [6.07, 6.45) is 4.82. The minimum absolute atomic E-state index is 0.0647. The summed E-state index contributed by atoms with van der Waals surface area (Å²) >= 11 is -2.26. The Hall–Kier alpha value is -1.96. The van der Waals surface area contributed by atoms with Crippen LogP contribution in [0.2, 0.25) is 0 Å². The number of ether oxygens (including phenoxy) is 1. The Morgan fingerprint density at radius 3 is 2.73 bits per heavy atom. The molecule has 0 aliphatic heterocycles. The Morgan fingerprint density at radius 2 is 2.08 bits per heavy atom. The molecule has 140 valence electrons. The summed E-state index contributed by atoms with van der Waals surface area (Å²) in [5.74, 6) is 1.44. The van der Waals surface area contributed by atoms with Gasteiger partial charge in [-0.2, -0.15) is 0 Å². The number of aryl methyl sites for hydroxylation is 1. The molecule has 6 nitrogen and oxygen atoms in total. The lowest BCUT2D eigenvalue weighted by Crippen LogP contribution is -2.19. The number of hydrogen-bond acceptors (Lipinski definition) is 4. The number of pyridine rings is 1. The molecule has 0 bridgehead atoms. The summed E-state index contributed by atoms with van der Waals surface area (Å²) in [5.41, 5.74) is 3.89. The third kappa shape index (κ3) is 4.60. The summed E-state index contributed by atoms with van der Waals surface area (Å²) in [6.45, 7) is 3.05. The Kier molecular flexibility index (Phi) is 5.90. The molecule has 0 amide bonds. The number of benzene rings is 1. The maximum atomic E-state index is 11.7. The Morgan fingerprint density at radius 1 is 1.31 bits per heavy atom. The zero-order chi connectivity index (χ0) is 18.7. The van der Waals surface area contributed by atoms with Crippen LogP contribution in [0.4, 0.5) is 0 Å². The molecule has 26 heavy (non-hydrogen) atoms. The van der Waals surface area contributed by atoms with Crippen molar-refractivity contribution in [3.8, 4) is 16.9 Å². The smallest absolute Gasteiger partial charge is 0.250 e.